The number of anilines is 1. The molecule has 0 saturated heterocycles. The van der Waals surface area contributed by atoms with Gasteiger partial charge in [-0.2, -0.15) is 0 Å². The summed E-state index contributed by atoms with van der Waals surface area (Å²) < 4.78 is 0. The Morgan fingerprint density at radius 3 is 2.95 bits per heavy atom. The number of nitrogens with one attached hydrogen (secondary N) is 1. The molecule has 5 nitrogen and oxygen atoms in total. The third-order valence-corrected chi connectivity index (χ3v) is 3.61. The Labute approximate surface area is 120 Å². The summed E-state index contributed by atoms with van der Waals surface area (Å²) in [6, 6.07) is 1.59. The van der Waals surface area contributed by atoms with Crippen LogP contribution in [0.15, 0.2) is 18.5 Å². The minimum Gasteiger partial charge on any atom is -0.384 e. The molecule has 0 radical (unpaired) electrons. The van der Waals surface area contributed by atoms with Gasteiger partial charge in [-0.15, -0.1) is 11.3 Å². The molecular weight excluding hydrogens is 274 g/mol. The predicted octanol–water partition coefficient (Wildman–Crippen LogP) is 1.75. The number of nitrogens with zero attached hydrogens (tertiary/aromatic N) is 2. The van der Waals surface area contributed by atoms with Crippen LogP contribution in [0.2, 0.25) is 0 Å². The molecular formula is C14H13N3O2S. The van der Waals surface area contributed by atoms with Crippen LogP contribution in [-0.2, 0) is 0 Å². The predicted molar refractivity (Wildman–Crippen MR) is 77.7 cm³/mol. The number of hydrogen-bond acceptors (Lipinski definition) is 5. The number of aryl methyl sites for hydroxylation is 2. The zero-order chi connectivity index (χ0) is 14.5. The summed E-state index contributed by atoms with van der Waals surface area (Å²) in [5, 5.41) is 12.0. The van der Waals surface area contributed by atoms with E-state index in [9.17, 15) is 4.79 Å². The second-order valence-electron chi connectivity index (χ2n) is 4.00. The largest absolute Gasteiger partial charge is 0.384 e. The highest BCUT2D eigenvalue weighted by Crippen LogP contribution is 2.22. The molecule has 0 bridgehead atoms. The van der Waals surface area contributed by atoms with Crippen LogP contribution in [0, 0.1) is 25.7 Å². The number of carbonyl (C=O) groups excluding carboxylic acids is 1. The number of aromatic nitrogens is 2. The van der Waals surface area contributed by atoms with E-state index in [1.807, 2.05) is 13.8 Å². The average molecular weight is 287 g/mol. The van der Waals surface area contributed by atoms with Crippen LogP contribution in [0.5, 0.6) is 0 Å². The highest BCUT2D eigenvalue weighted by atomic mass is 32.1. The fourth-order valence-corrected chi connectivity index (χ4v) is 2.33. The number of aliphatic hydroxyl groups excluding tert-OH is 1. The molecule has 102 valence electrons. The Kier molecular flexibility index (Phi) is 4.45. The van der Waals surface area contributed by atoms with Gasteiger partial charge in [0.15, 0.2) is 5.13 Å². The molecule has 2 heterocycles. The maximum Gasteiger partial charge on any atom is 0.258 e. The molecule has 2 aromatic heterocycles. The van der Waals surface area contributed by atoms with E-state index in [0.29, 0.717) is 16.3 Å². The number of carbonyl (C=O) groups is 1. The van der Waals surface area contributed by atoms with Crippen molar-refractivity contribution in [2.75, 3.05) is 11.9 Å². The number of pyridine rings is 1. The monoisotopic (exact) mass is 287 g/mol. The van der Waals surface area contributed by atoms with Crippen molar-refractivity contribution < 1.29 is 9.90 Å². The summed E-state index contributed by atoms with van der Waals surface area (Å²) in [4.78, 5) is 21.5. The molecule has 0 saturated carbocycles. The summed E-state index contributed by atoms with van der Waals surface area (Å²) in [5.41, 5.74) is 1.79. The van der Waals surface area contributed by atoms with Gasteiger partial charge in [-0.1, -0.05) is 11.8 Å². The minimum absolute atomic E-state index is 0.263. The van der Waals surface area contributed by atoms with E-state index in [4.69, 9.17) is 5.11 Å². The molecule has 0 spiro atoms. The minimum atomic E-state index is -0.289. The first-order valence-electron chi connectivity index (χ1n) is 5.91. The van der Waals surface area contributed by atoms with Crippen LogP contribution in [0.3, 0.4) is 0 Å². The molecule has 0 unspecified atom stereocenters. The first-order chi connectivity index (χ1) is 9.61. The molecule has 2 N–H and O–H groups in total. The molecule has 20 heavy (non-hydrogen) atoms. The fourth-order valence-electron chi connectivity index (χ4n) is 1.52. The van der Waals surface area contributed by atoms with Gasteiger partial charge in [0.25, 0.3) is 5.91 Å². The molecule has 0 aromatic carbocycles. The smallest absolute Gasteiger partial charge is 0.258 e. The average Bonchev–Trinajstić information content (AvgIpc) is 2.75. The van der Waals surface area contributed by atoms with Gasteiger partial charge >= 0.3 is 0 Å². The SMILES string of the molecule is Cc1nc(NC(=O)c2ccncc2C#CCO)sc1C. The van der Waals surface area contributed by atoms with Gasteiger partial charge < -0.3 is 5.11 Å². The number of aliphatic hydroxyl groups is 1. The summed E-state index contributed by atoms with van der Waals surface area (Å²) in [6.07, 6.45) is 3.02. The molecule has 0 fully saturated rings. The van der Waals surface area contributed by atoms with Gasteiger partial charge in [0, 0.05) is 17.3 Å². The van der Waals surface area contributed by atoms with Crippen LogP contribution >= 0.6 is 11.3 Å². The maximum absolute atomic E-state index is 12.2. The molecule has 0 atom stereocenters. The molecule has 0 aliphatic heterocycles. The molecule has 0 aliphatic rings. The van der Waals surface area contributed by atoms with Crippen molar-refractivity contribution in [3.8, 4) is 11.8 Å². The van der Waals surface area contributed by atoms with Crippen molar-refractivity contribution >= 4 is 22.4 Å². The first kappa shape index (κ1) is 14.2. The quantitative estimate of drug-likeness (QED) is 0.825. The Bertz CT molecular complexity index is 678. The van der Waals surface area contributed by atoms with E-state index < -0.39 is 0 Å². The first-order valence-corrected chi connectivity index (χ1v) is 6.72. The third-order valence-electron chi connectivity index (χ3n) is 2.62. The van der Waals surface area contributed by atoms with Gasteiger partial charge in [-0.05, 0) is 19.9 Å². The van der Waals surface area contributed by atoms with Crippen molar-refractivity contribution in [3.63, 3.8) is 0 Å². The van der Waals surface area contributed by atoms with E-state index in [2.05, 4.69) is 27.1 Å². The number of hydrogen-bond donors (Lipinski definition) is 2. The van der Waals surface area contributed by atoms with Crippen LogP contribution in [-0.4, -0.2) is 27.6 Å². The highest BCUT2D eigenvalue weighted by Gasteiger charge is 2.13. The molecule has 1 amide bonds. The Morgan fingerprint density at radius 2 is 2.30 bits per heavy atom. The van der Waals surface area contributed by atoms with Gasteiger partial charge in [0.05, 0.1) is 16.8 Å². The van der Waals surface area contributed by atoms with Crippen molar-refractivity contribution in [3.05, 3.63) is 40.2 Å². The van der Waals surface area contributed by atoms with Crippen LogP contribution in [0.1, 0.15) is 26.5 Å². The van der Waals surface area contributed by atoms with E-state index in [1.54, 1.807) is 6.07 Å². The van der Waals surface area contributed by atoms with Crippen molar-refractivity contribution in [2.24, 2.45) is 0 Å². The summed E-state index contributed by atoms with van der Waals surface area (Å²) in [5.74, 6) is 4.93. The van der Waals surface area contributed by atoms with Crippen molar-refractivity contribution in [1.29, 1.82) is 0 Å². The molecule has 6 heteroatoms. The third kappa shape index (κ3) is 3.20. The van der Waals surface area contributed by atoms with E-state index >= 15 is 0 Å². The van der Waals surface area contributed by atoms with Crippen molar-refractivity contribution in [1.82, 2.24) is 9.97 Å². The lowest BCUT2D eigenvalue weighted by Crippen LogP contribution is -2.13. The van der Waals surface area contributed by atoms with Crippen LogP contribution in [0.25, 0.3) is 0 Å². The summed E-state index contributed by atoms with van der Waals surface area (Å²) >= 11 is 1.43. The van der Waals surface area contributed by atoms with Gasteiger partial charge in [0.2, 0.25) is 0 Å². The Morgan fingerprint density at radius 1 is 1.50 bits per heavy atom. The van der Waals surface area contributed by atoms with E-state index in [1.165, 1.54) is 23.7 Å². The maximum atomic E-state index is 12.2. The van der Waals surface area contributed by atoms with E-state index in [-0.39, 0.29) is 12.5 Å². The number of amides is 1. The second-order valence-corrected chi connectivity index (χ2v) is 5.20. The topological polar surface area (TPSA) is 75.1 Å². The standard InChI is InChI=1S/C14H13N3O2S/c1-9-10(2)20-14(16-9)17-13(19)12-5-6-15-8-11(12)4-3-7-18/h5-6,8,18H,7H2,1-2H3,(H,16,17,19). The lowest BCUT2D eigenvalue weighted by atomic mass is 10.1. The highest BCUT2D eigenvalue weighted by molar-refractivity contribution is 7.15. The van der Waals surface area contributed by atoms with E-state index in [0.717, 1.165) is 10.6 Å². The molecule has 0 aliphatic carbocycles. The van der Waals surface area contributed by atoms with Crippen LogP contribution < -0.4 is 5.32 Å². The zero-order valence-electron chi connectivity index (χ0n) is 11.1. The fraction of sp³-hybridized carbons (Fsp3) is 0.214. The lowest BCUT2D eigenvalue weighted by Gasteiger charge is -2.03. The van der Waals surface area contributed by atoms with Crippen LogP contribution in [0.4, 0.5) is 5.13 Å². The number of rotatable bonds is 2. The number of thiazole rings is 1. The van der Waals surface area contributed by atoms with Gasteiger partial charge in [-0.3, -0.25) is 15.1 Å². The van der Waals surface area contributed by atoms with Gasteiger partial charge in [0.1, 0.15) is 6.61 Å². The molecule has 2 aromatic rings. The molecule has 2 rings (SSSR count). The Balaban J connectivity index is 2.25. The Hall–Kier alpha value is -2.23. The van der Waals surface area contributed by atoms with Gasteiger partial charge in [-0.25, -0.2) is 4.98 Å². The normalized spacial score (nSPS) is 9.75. The summed E-state index contributed by atoms with van der Waals surface area (Å²) in [7, 11) is 0. The van der Waals surface area contributed by atoms with Crippen molar-refractivity contribution in [2.45, 2.75) is 13.8 Å². The zero-order valence-corrected chi connectivity index (χ0v) is 11.9. The lowest BCUT2D eigenvalue weighted by molar-refractivity contribution is 0.102. The summed E-state index contributed by atoms with van der Waals surface area (Å²) in [6.45, 7) is 3.58. The second kappa shape index (κ2) is 6.28.